The van der Waals surface area contributed by atoms with E-state index in [2.05, 4.69) is 29.4 Å². The van der Waals surface area contributed by atoms with E-state index >= 15 is 0 Å². The molecule has 0 aliphatic carbocycles. The van der Waals surface area contributed by atoms with Gasteiger partial charge >= 0.3 is 0 Å². The molecule has 4 nitrogen and oxygen atoms in total. The number of nitrogens with two attached hydrogens (primary N) is 1. The van der Waals surface area contributed by atoms with Crippen molar-refractivity contribution in [3.05, 3.63) is 59.9 Å². The average Bonchev–Trinajstić information content (AvgIpc) is 2.98. The van der Waals surface area contributed by atoms with Crippen LogP contribution in [0.1, 0.15) is 24.0 Å². The fourth-order valence-electron chi connectivity index (χ4n) is 2.53. The van der Waals surface area contributed by atoms with E-state index in [1.807, 2.05) is 24.3 Å². The van der Waals surface area contributed by atoms with Crippen LogP contribution in [0.15, 0.2) is 48.8 Å². The molecule has 3 rings (SSSR count). The van der Waals surface area contributed by atoms with Gasteiger partial charge in [-0.15, -0.1) is 11.3 Å². The molecule has 0 bridgehead atoms. The van der Waals surface area contributed by atoms with Crippen LogP contribution in [0.5, 0.6) is 0 Å². The number of hydrogen-bond donors (Lipinski definition) is 2. The zero-order valence-corrected chi connectivity index (χ0v) is 13.8. The lowest BCUT2D eigenvalue weighted by Gasteiger charge is -2.15. The first-order valence-corrected chi connectivity index (χ1v) is 8.46. The molecule has 2 aromatic heterocycles. The number of rotatable bonds is 5. The highest BCUT2D eigenvalue weighted by Gasteiger charge is 2.19. The monoisotopic (exact) mass is 325 g/mol. The minimum Gasteiger partial charge on any atom is -0.329 e. The van der Waals surface area contributed by atoms with Crippen LogP contribution in [0.2, 0.25) is 0 Å². The number of thiophene rings is 1. The van der Waals surface area contributed by atoms with E-state index < -0.39 is 0 Å². The van der Waals surface area contributed by atoms with E-state index in [1.165, 1.54) is 16.9 Å². The summed E-state index contributed by atoms with van der Waals surface area (Å²) in [5, 5.41) is 4.88. The Labute approximate surface area is 139 Å². The molecule has 0 radical (unpaired) electrons. The first-order chi connectivity index (χ1) is 11.2. The van der Waals surface area contributed by atoms with Gasteiger partial charge in [0.15, 0.2) is 0 Å². The number of aryl methyl sites for hydroxylation is 1. The summed E-state index contributed by atoms with van der Waals surface area (Å²) in [6.07, 6.45) is 4.54. The normalized spacial score (nSPS) is 12.3. The molecule has 0 fully saturated rings. The van der Waals surface area contributed by atoms with Gasteiger partial charge < -0.3 is 11.1 Å². The summed E-state index contributed by atoms with van der Waals surface area (Å²) in [6.45, 7) is 2.39. The number of benzene rings is 1. The van der Waals surface area contributed by atoms with Gasteiger partial charge in [0.25, 0.3) is 0 Å². The van der Waals surface area contributed by atoms with Gasteiger partial charge in [-0.25, -0.2) is 0 Å². The summed E-state index contributed by atoms with van der Waals surface area (Å²) in [7, 11) is 0. The third kappa shape index (κ3) is 3.41. The van der Waals surface area contributed by atoms with Crippen molar-refractivity contribution in [1.82, 2.24) is 4.98 Å². The predicted octanol–water partition coefficient (Wildman–Crippen LogP) is 3.54. The number of nitrogens with one attached hydrogen (secondary N) is 1. The fourth-order valence-corrected chi connectivity index (χ4v) is 3.47. The lowest BCUT2D eigenvalue weighted by atomic mass is 9.97. The number of hydrogen-bond acceptors (Lipinski definition) is 4. The van der Waals surface area contributed by atoms with E-state index in [0.717, 1.165) is 27.1 Å². The molecule has 5 heteroatoms. The minimum absolute atomic E-state index is 0.0729. The van der Waals surface area contributed by atoms with E-state index in [4.69, 9.17) is 5.73 Å². The maximum Gasteiger partial charge on any atom is 0.233 e. The molecule has 118 valence electrons. The summed E-state index contributed by atoms with van der Waals surface area (Å²) in [5.74, 6) is -0.416. The zero-order valence-electron chi connectivity index (χ0n) is 13.0. The Morgan fingerprint density at radius 2 is 2.09 bits per heavy atom. The van der Waals surface area contributed by atoms with Crippen molar-refractivity contribution < 1.29 is 4.79 Å². The van der Waals surface area contributed by atoms with E-state index in [1.54, 1.807) is 12.4 Å². The first kappa shape index (κ1) is 15.6. The number of pyridine rings is 1. The molecule has 1 amide bonds. The largest absolute Gasteiger partial charge is 0.329 e. The number of carbonyl (C=O) groups is 1. The molecule has 23 heavy (non-hydrogen) atoms. The fraction of sp³-hybridized carbons (Fsp3) is 0.222. The van der Waals surface area contributed by atoms with Crippen LogP contribution in [0.3, 0.4) is 0 Å². The Morgan fingerprint density at radius 3 is 2.74 bits per heavy atom. The van der Waals surface area contributed by atoms with Crippen molar-refractivity contribution in [2.75, 3.05) is 11.9 Å². The van der Waals surface area contributed by atoms with E-state index in [0.29, 0.717) is 0 Å². The first-order valence-electron chi connectivity index (χ1n) is 7.64. The van der Waals surface area contributed by atoms with Gasteiger partial charge in [-0.1, -0.05) is 31.2 Å². The Hall–Kier alpha value is -2.24. The molecule has 3 N–H and O–H groups in total. The van der Waals surface area contributed by atoms with Crippen LogP contribution in [0.4, 0.5) is 5.00 Å². The third-order valence-corrected chi connectivity index (χ3v) is 4.91. The predicted molar refractivity (Wildman–Crippen MR) is 95.9 cm³/mol. The molecule has 0 spiro atoms. The molecule has 0 aliphatic heterocycles. The lowest BCUT2D eigenvalue weighted by Crippen LogP contribution is -2.27. The highest BCUT2D eigenvalue weighted by Crippen LogP contribution is 2.29. The second-order valence-electron chi connectivity index (χ2n) is 5.40. The minimum atomic E-state index is -0.343. The number of fused-ring (bicyclic) bond motifs is 1. The molecule has 3 aromatic rings. The van der Waals surface area contributed by atoms with E-state index in [9.17, 15) is 4.79 Å². The standard InChI is InChI=1S/C18H19N3OS/c1-2-12-3-5-13(6-4-12)15(10-19)18(22)21-17-9-14-7-8-20-11-16(14)23-17/h3-9,11,15H,2,10,19H2,1H3,(H,21,22). The van der Waals surface area contributed by atoms with Crippen LogP contribution < -0.4 is 11.1 Å². The van der Waals surface area contributed by atoms with Crippen LogP contribution in [-0.2, 0) is 11.2 Å². The van der Waals surface area contributed by atoms with Gasteiger partial charge in [-0.2, -0.15) is 0 Å². The van der Waals surface area contributed by atoms with Crippen molar-refractivity contribution >= 4 is 32.3 Å². The quantitative estimate of drug-likeness (QED) is 0.754. The average molecular weight is 325 g/mol. The Kier molecular flexibility index (Phi) is 4.69. The van der Waals surface area contributed by atoms with Gasteiger partial charge in [0.2, 0.25) is 5.91 Å². The molecule has 1 unspecified atom stereocenters. The van der Waals surface area contributed by atoms with Crippen molar-refractivity contribution in [1.29, 1.82) is 0 Å². The summed E-state index contributed by atoms with van der Waals surface area (Å²) < 4.78 is 1.05. The number of carbonyl (C=O) groups excluding carboxylic acids is 1. The zero-order chi connectivity index (χ0) is 16.2. The van der Waals surface area contributed by atoms with Gasteiger partial charge in [0.1, 0.15) is 0 Å². The molecule has 0 saturated heterocycles. The maximum absolute atomic E-state index is 12.6. The second-order valence-corrected chi connectivity index (χ2v) is 6.48. The van der Waals surface area contributed by atoms with Crippen LogP contribution in [0.25, 0.3) is 10.1 Å². The Balaban J connectivity index is 1.78. The summed E-state index contributed by atoms with van der Waals surface area (Å²) in [6, 6.07) is 12.0. The topological polar surface area (TPSA) is 68.0 Å². The smallest absolute Gasteiger partial charge is 0.233 e. The van der Waals surface area contributed by atoms with Gasteiger partial charge in [-0.3, -0.25) is 9.78 Å². The second kappa shape index (κ2) is 6.89. The summed E-state index contributed by atoms with van der Waals surface area (Å²) in [4.78, 5) is 16.7. The highest BCUT2D eigenvalue weighted by atomic mass is 32.1. The molecular weight excluding hydrogens is 306 g/mol. The maximum atomic E-state index is 12.6. The molecule has 1 atom stereocenters. The molecule has 2 heterocycles. The molecule has 0 saturated carbocycles. The summed E-state index contributed by atoms with van der Waals surface area (Å²) >= 11 is 1.52. The number of nitrogens with zero attached hydrogens (tertiary/aromatic N) is 1. The highest BCUT2D eigenvalue weighted by molar-refractivity contribution is 7.22. The van der Waals surface area contributed by atoms with Crippen molar-refractivity contribution in [2.24, 2.45) is 5.73 Å². The van der Waals surface area contributed by atoms with Gasteiger partial charge in [0.05, 0.1) is 15.6 Å². The SMILES string of the molecule is CCc1ccc(C(CN)C(=O)Nc2cc3ccncc3s2)cc1. The van der Waals surface area contributed by atoms with E-state index in [-0.39, 0.29) is 18.4 Å². The molecular formula is C18H19N3OS. The molecule has 1 aromatic carbocycles. The van der Waals surface area contributed by atoms with Crippen LogP contribution in [0, 0.1) is 0 Å². The summed E-state index contributed by atoms with van der Waals surface area (Å²) in [5.41, 5.74) is 8.04. The molecule has 0 aliphatic rings. The van der Waals surface area contributed by atoms with Crippen LogP contribution >= 0.6 is 11.3 Å². The third-order valence-electron chi connectivity index (χ3n) is 3.91. The van der Waals surface area contributed by atoms with Gasteiger partial charge in [0, 0.05) is 18.9 Å². The number of anilines is 1. The van der Waals surface area contributed by atoms with Crippen molar-refractivity contribution in [3.63, 3.8) is 0 Å². The van der Waals surface area contributed by atoms with Gasteiger partial charge in [-0.05, 0) is 35.1 Å². The number of aromatic nitrogens is 1. The lowest BCUT2D eigenvalue weighted by molar-refractivity contribution is -0.117. The number of amides is 1. The van der Waals surface area contributed by atoms with Crippen molar-refractivity contribution in [2.45, 2.75) is 19.3 Å². The van der Waals surface area contributed by atoms with Crippen molar-refractivity contribution in [3.8, 4) is 0 Å². The Bertz CT molecular complexity index is 778. The van der Waals surface area contributed by atoms with Crippen LogP contribution in [-0.4, -0.2) is 17.4 Å². The Morgan fingerprint density at radius 1 is 1.30 bits per heavy atom.